The second kappa shape index (κ2) is 5.89. The summed E-state index contributed by atoms with van der Waals surface area (Å²) in [5.74, 6) is 2.10. The fourth-order valence-electron chi connectivity index (χ4n) is 2.04. The number of aryl methyl sites for hydroxylation is 2. The van der Waals surface area contributed by atoms with Crippen molar-refractivity contribution < 1.29 is 4.42 Å². The molecule has 1 N–H and O–H groups in total. The van der Waals surface area contributed by atoms with Gasteiger partial charge in [0.15, 0.2) is 0 Å². The summed E-state index contributed by atoms with van der Waals surface area (Å²) < 4.78 is 5.66. The summed E-state index contributed by atoms with van der Waals surface area (Å²) in [5.41, 5.74) is 2.83. The Morgan fingerprint density at radius 3 is 2.17 bits per heavy atom. The SMILES string of the molecule is Cc1oc(C)c(CN(C)CCNC(C)(C)C)c1C. The third kappa shape index (κ3) is 4.46. The van der Waals surface area contributed by atoms with E-state index in [9.17, 15) is 0 Å². The fraction of sp³-hybridized carbons (Fsp3) is 0.733. The lowest BCUT2D eigenvalue weighted by molar-refractivity contribution is 0.301. The fourth-order valence-corrected chi connectivity index (χ4v) is 2.04. The molecule has 0 aromatic carbocycles. The maximum absolute atomic E-state index is 5.66. The van der Waals surface area contributed by atoms with Crippen LogP contribution in [0, 0.1) is 20.8 Å². The highest BCUT2D eigenvalue weighted by molar-refractivity contribution is 5.31. The molecule has 1 aromatic rings. The van der Waals surface area contributed by atoms with Gasteiger partial charge in [0, 0.05) is 30.7 Å². The average molecular weight is 252 g/mol. The van der Waals surface area contributed by atoms with Gasteiger partial charge in [-0.25, -0.2) is 0 Å². The van der Waals surface area contributed by atoms with Gasteiger partial charge in [0.2, 0.25) is 0 Å². The van der Waals surface area contributed by atoms with Gasteiger partial charge in [-0.2, -0.15) is 0 Å². The number of furan rings is 1. The minimum Gasteiger partial charge on any atom is -0.466 e. The molecule has 0 radical (unpaired) electrons. The molecule has 0 fully saturated rings. The van der Waals surface area contributed by atoms with Crippen molar-refractivity contribution in [1.82, 2.24) is 10.2 Å². The van der Waals surface area contributed by atoms with Crippen LogP contribution in [0.2, 0.25) is 0 Å². The molecule has 1 heterocycles. The number of rotatable bonds is 5. The molecule has 0 saturated heterocycles. The Labute approximate surface area is 112 Å². The Kier molecular flexibility index (Phi) is 5.00. The quantitative estimate of drug-likeness (QED) is 0.873. The monoisotopic (exact) mass is 252 g/mol. The van der Waals surface area contributed by atoms with E-state index in [-0.39, 0.29) is 5.54 Å². The molecule has 0 aliphatic carbocycles. The first-order chi connectivity index (χ1) is 8.20. The molecule has 0 aliphatic heterocycles. The smallest absolute Gasteiger partial charge is 0.105 e. The zero-order valence-corrected chi connectivity index (χ0v) is 13.0. The Morgan fingerprint density at radius 1 is 1.11 bits per heavy atom. The van der Waals surface area contributed by atoms with Crippen LogP contribution in [0.3, 0.4) is 0 Å². The molecule has 0 atom stereocenters. The summed E-state index contributed by atoms with van der Waals surface area (Å²) in [6, 6.07) is 0. The highest BCUT2D eigenvalue weighted by atomic mass is 16.3. The predicted molar refractivity (Wildman–Crippen MR) is 77.0 cm³/mol. The normalized spacial score (nSPS) is 12.4. The maximum atomic E-state index is 5.66. The van der Waals surface area contributed by atoms with Gasteiger partial charge in [-0.1, -0.05) is 0 Å². The van der Waals surface area contributed by atoms with Crippen molar-refractivity contribution in [3.05, 3.63) is 22.6 Å². The first kappa shape index (κ1) is 15.3. The number of nitrogens with one attached hydrogen (secondary N) is 1. The predicted octanol–water partition coefficient (Wildman–Crippen LogP) is 3.02. The van der Waals surface area contributed by atoms with E-state index in [4.69, 9.17) is 4.42 Å². The molecule has 104 valence electrons. The van der Waals surface area contributed by atoms with Crippen molar-refractivity contribution in [2.75, 3.05) is 20.1 Å². The topological polar surface area (TPSA) is 28.4 Å². The third-order valence-corrected chi connectivity index (χ3v) is 3.29. The minimum atomic E-state index is 0.193. The van der Waals surface area contributed by atoms with Crippen molar-refractivity contribution in [2.45, 2.75) is 53.6 Å². The first-order valence-corrected chi connectivity index (χ1v) is 6.70. The van der Waals surface area contributed by atoms with Crippen molar-refractivity contribution in [3.63, 3.8) is 0 Å². The molecule has 1 aromatic heterocycles. The Hall–Kier alpha value is -0.800. The van der Waals surface area contributed by atoms with Gasteiger partial charge in [0.25, 0.3) is 0 Å². The van der Waals surface area contributed by atoms with E-state index in [1.54, 1.807) is 0 Å². The van der Waals surface area contributed by atoms with Crippen LogP contribution >= 0.6 is 0 Å². The van der Waals surface area contributed by atoms with E-state index in [0.717, 1.165) is 31.2 Å². The number of nitrogens with zero attached hydrogens (tertiary/aromatic N) is 1. The molecular weight excluding hydrogens is 224 g/mol. The molecule has 1 rings (SSSR count). The van der Waals surface area contributed by atoms with E-state index in [2.05, 4.69) is 51.9 Å². The van der Waals surface area contributed by atoms with Crippen LogP contribution in [-0.4, -0.2) is 30.6 Å². The van der Waals surface area contributed by atoms with Crippen molar-refractivity contribution in [3.8, 4) is 0 Å². The lowest BCUT2D eigenvalue weighted by atomic mass is 10.1. The van der Waals surface area contributed by atoms with Gasteiger partial charge in [-0.05, 0) is 54.2 Å². The molecule has 0 amide bonds. The number of hydrogen-bond acceptors (Lipinski definition) is 3. The Balaban J connectivity index is 2.47. The molecule has 0 bridgehead atoms. The van der Waals surface area contributed by atoms with E-state index in [1.165, 1.54) is 11.1 Å². The van der Waals surface area contributed by atoms with E-state index < -0.39 is 0 Å². The largest absolute Gasteiger partial charge is 0.466 e. The molecule has 3 nitrogen and oxygen atoms in total. The summed E-state index contributed by atoms with van der Waals surface area (Å²) in [6.07, 6.45) is 0. The minimum absolute atomic E-state index is 0.193. The summed E-state index contributed by atoms with van der Waals surface area (Å²) in [4.78, 5) is 2.34. The van der Waals surface area contributed by atoms with Gasteiger partial charge >= 0.3 is 0 Å². The van der Waals surface area contributed by atoms with Crippen LogP contribution in [0.4, 0.5) is 0 Å². The summed E-state index contributed by atoms with van der Waals surface area (Å²) in [6.45, 7) is 15.8. The van der Waals surface area contributed by atoms with Crippen LogP contribution in [0.5, 0.6) is 0 Å². The summed E-state index contributed by atoms with van der Waals surface area (Å²) in [5, 5.41) is 3.51. The molecule has 0 aliphatic rings. The molecular formula is C15H28N2O. The third-order valence-electron chi connectivity index (χ3n) is 3.29. The van der Waals surface area contributed by atoms with Crippen LogP contribution in [0.15, 0.2) is 4.42 Å². The van der Waals surface area contributed by atoms with Gasteiger partial charge in [0.05, 0.1) is 0 Å². The van der Waals surface area contributed by atoms with Gasteiger partial charge in [0.1, 0.15) is 11.5 Å². The van der Waals surface area contributed by atoms with Gasteiger partial charge in [-0.15, -0.1) is 0 Å². The highest BCUT2D eigenvalue weighted by Crippen LogP contribution is 2.21. The van der Waals surface area contributed by atoms with Crippen LogP contribution in [0.25, 0.3) is 0 Å². The van der Waals surface area contributed by atoms with E-state index >= 15 is 0 Å². The molecule has 0 spiro atoms. The summed E-state index contributed by atoms with van der Waals surface area (Å²) in [7, 11) is 2.16. The molecule has 3 heteroatoms. The second-order valence-corrected chi connectivity index (χ2v) is 6.23. The van der Waals surface area contributed by atoms with Gasteiger partial charge < -0.3 is 14.6 Å². The van der Waals surface area contributed by atoms with Crippen molar-refractivity contribution >= 4 is 0 Å². The zero-order chi connectivity index (χ0) is 13.9. The van der Waals surface area contributed by atoms with Crippen LogP contribution in [-0.2, 0) is 6.54 Å². The zero-order valence-electron chi connectivity index (χ0n) is 13.0. The Morgan fingerprint density at radius 2 is 1.72 bits per heavy atom. The van der Waals surface area contributed by atoms with Crippen LogP contribution in [0.1, 0.15) is 43.4 Å². The highest BCUT2D eigenvalue weighted by Gasteiger charge is 2.13. The molecule has 0 unspecified atom stereocenters. The summed E-state index contributed by atoms with van der Waals surface area (Å²) >= 11 is 0. The van der Waals surface area contributed by atoms with Crippen molar-refractivity contribution in [1.29, 1.82) is 0 Å². The standard InChI is InChI=1S/C15H28N2O/c1-11-12(2)18-13(3)14(11)10-17(7)9-8-16-15(4,5)6/h16H,8-10H2,1-7H3. The number of hydrogen-bond donors (Lipinski definition) is 1. The van der Waals surface area contributed by atoms with Gasteiger partial charge in [-0.3, -0.25) is 0 Å². The maximum Gasteiger partial charge on any atom is 0.105 e. The van der Waals surface area contributed by atoms with E-state index in [0.29, 0.717) is 0 Å². The Bertz CT molecular complexity index is 388. The van der Waals surface area contributed by atoms with Crippen molar-refractivity contribution in [2.24, 2.45) is 0 Å². The van der Waals surface area contributed by atoms with Crippen LogP contribution < -0.4 is 5.32 Å². The average Bonchev–Trinajstić information content (AvgIpc) is 2.43. The second-order valence-electron chi connectivity index (χ2n) is 6.23. The lowest BCUT2D eigenvalue weighted by Crippen LogP contribution is -2.40. The molecule has 0 saturated carbocycles. The lowest BCUT2D eigenvalue weighted by Gasteiger charge is -2.23. The number of likely N-dealkylation sites (N-methyl/N-ethyl adjacent to an activating group) is 1. The molecule has 18 heavy (non-hydrogen) atoms. The van der Waals surface area contributed by atoms with E-state index in [1.807, 2.05) is 6.92 Å². The first-order valence-electron chi connectivity index (χ1n) is 6.70.